The van der Waals surface area contributed by atoms with Gasteiger partial charge < -0.3 is 15.4 Å². The highest BCUT2D eigenvalue weighted by Crippen LogP contribution is 2.08. The molecule has 1 heterocycles. The molecule has 1 fully saturated rings. The van der Waals surface area contributed by atoms with Gasteiger partial charge in [-0.25, -0.2) is 0 Å². The third-order valence-corrected chi connectivity index (χ3v) is 3.66. The van der Waals surface area contributed by atoms with Crippen molar-refractivity contribution in [2.75, 3.05) is 32.8 Å². The summed E-state index contributed by atoms with van der Waals surface area (Å²) >= 11 is 0. The van der Waals surface area contributed by atoms with E-state index in [-0.39, 0.29) is 23.8 Å². The second-order valence-electron chi connectivity index (χ2n) is 6.81. The average Bonchev–Trinajstić information content (AvgIpc) is 2.41. The summed E-state index contributed by atoms with van der Waals surface area (Å²) in [5.41, 5.74) is 0. The first-order chi connectivity index (χ1) is 10.3. The Kier molecular flexibility index (Phi) is 7.82. The molecular weight excluding hydrogens is 282 g/mol. The zero-order chi connectivity index (χ0) is 16.7. The minimum atomic E-state index is -0.493. The molecule has 1 aliphatic rings. The highest BCUT2D eigenvalue weighted by atomic mass is 16.5. The first-order valence-electron chi connectivity index (χ1n) is 8.18. The monoisotopic (exact) mass is 313 g/mol. The highest BCUT2D eigenvalue weighted by Gasteiger charge is 2.25. The lowest BCUT2D eigenvalue weighted by atomic mass is 10.0. The van der Waals surface area contributed by atoms with E-state index in [0.717, 1.165) is 19.6 Å². The fraction of sp³-hybridized carbons (Fsp3) is 0.875. The summed E-state index contributed by atoms with van der Waals surface area (Å²) in [6.07, 6.45) is 0.0154. The van der Waals surface area contributed by atoms with Gasteiger partial charge in [0.25, 0.3) is 0 Å². The van der Waals surface area contributed by atoms with E-state index in [1.165, 1.54) is 6.92 Å². The molecule has 1 saturated heterocycles. The first kappa shape index (κ1) is 18.9. The second-order valence-corrected chi connectivity index (χ2v) is 6.81. The number of hydrogen-bond donors (Lipinski definition) is 2. The van der Waals surface area contributed by atoms with Crippen molar-refractivity contribution < 1.29 is 14.3 Å². The number of morpholine rings is 1. The SMILES string of the molecule is CC(=O)N[C@H](C(=O)NC[C@@H]1CN(CC(C)C)CCO1)C(C)C. The lowest BCUT2D eigenvalue weighted by Gasteiger charge is -2.34. The van der Waals surface area contributed by atoms with E-state index in [0.29, 0.717) is 19.1 Å². The molecule has 0 aromatic carbocycles. The molecule has 0 bridgehead atoms. The molecule has 2 amide bonds. The fourth-order valence-electron chi connectivity index (χ4n) is 2.66. The summed E-state index contributed by atoms with van der Waals surface area (Å²) in [4.78, 5) is 25.8. The molecule has 1 rings (SSSR count). The van der Waals surface area contributed by atoms with Crippen molar-refractivity contribution in [2.24, 2.45) is 11.8 Å². The second kappa shape index (κ2) is 9.10. The average molecular weight is 313 g/mol. The summed E-state index contributed by atoms with van der Waals surface area (Å²) in [7, 11) is 0. The lowest BCUT2D eigenvalue weighted by Crippen LogP contribution is -2.53. The van der Waals surface area contributed by atoms with E-state index in [9.17, 15) is 9.59 Å². The molecule has 128 valence electrons. The van der Waals surface area contributed by atoms with Crippen LogP contribution in [0.4, 0.5) is 0 Å². The number of carbonyl (C=O) groups excluding carboxylic acids is 2. The molecule has 1 aliphatic heterocycles. The number of hydrogen-bond acceptors (Lipinski definition) is 4. The van der Waals surface area contributed by atoms with Gasteiger partial charge in [-0.3, -0.25) is 14.5 Å². The van der Waals surface area contributed by atoms with Crippen LogP contribution in [0.5, 0.6) is 0 Å². The van der Waals surface area contributed by atoms with Gasteiger partial charge in [0.2, 0.25) is 11.8 Å². The molecule has 0 unspecified atom stereocenters. The maximum Gasteiger partial charge on any atom is 0.242 e. The number of rotatable bonds is 7. The van der Waals surface area contributed by atoms with Gasteiger partial charge in [-0.2, -0.15) is 0 Å². The third-order valence-electron chi connectivity index (χ3n) is 3.66. The summed E-state index contributed by atoms with van der Waals surface area (Å²) in [5, 5.41) is 5.61. The smallest absolute Gasteiger partial charge is 0.242 e. The van der Waals surface area contributed by atoms with Crippen molar-refractivity contribution in [3.63, 3.8) is 0 Å². The van der Waals surface area contributed by atoms with E-state index < -0.39 is 6.04 Å². The van der Waals surface area contributed by atoms with Gasteiger partial charge >= 0.3 is 0 Å². The van der Waals surface area contributed by atoms with E-state index in [1.807, 2.05) is 13.8 Å². The molecule has 0 radical (unpaired) electrons. The van der Waals surface area contributed by atoms with E-state index >= 15 is 0 Å². The van der Waals surface area contributed by atoms with Crippen LogP contribution in [-0.4, -0.2) is 61.6 Å². The Morgan fingerprint density at radius 3 is 2.50 bits per heavy atom. The van der Waals surface area contributed by atoms with Crippen molar-refractivity contribution in [2.45, 2.75) is 46.8 Å². The maximum atomic E-state index is 12.2. The zero-order valence-corrected chi connectivity index (χ0v) is 14.5. The van der Waals surface area contributed by atoms with Gasteiger partial charge in [-0.1, -0.05) is 27.7 Å². The fourth-order valence-corrected chi connectivity index (χ4v) is 2.66. The number of carbonyl (C=O) groups is 2. The Bertz CT molecular complexity index is 372. The molecular formula is C16H31N3O3. The summed E-state index contributed by atoms with van der Waals surface area (Å²) in [6, 6.07) is -0.493. The van der Waals surface area contributed by atoms with Crippen molar-refractivity contribution in [3.8, 4) is 0 Å². The van der Waals surface area contributed by atoms with Crippen LogP contribution < -0.4 is 10.6 Å². The van der Waals surface area contributed by atoms with Crippen molar-refractivity contribution >= 4 is 11.8 Å². The molecule has 2 N–H and O–H groups in total. The molecule has 0 saturated carbocycles. The van der Waals surface area contributed by atoms with Crippen LogP contribution in [-0.2, 0) is 14.3 Å². The minimum absolute atomic E-state index is 0.0154. The Hall–Kier alpha value is -1.14. The standard InChI is InChI=1S/C16H31N3O3/c1-11(2)9-19-6-7-22-14(10-19)8-17-16(21)15(12(3)4)18-13(5)20/h11-12,14-15H,6-10H2,1-5H3,(H,17,21)(H,18,20)/t14-,15+/m1/s1. The van der Waals surface area contributed by atoms with Crippen molar-refractivity contribution in [1.82, 2.24) is 15.5 Å². The van der Waals surface area contributed by atoms with Gasteiger partial charge in [0.1, 0.15) is 6.04 Å². The Labute approximate surface area is 134 Å². The van der Waals surface area contributed by atoms with Gasteiger partial charge in [0.15, 0.2) is 0 Å². The van der Waals surface area contributed by atoms with Crippen molar-refractivity contribution in [3.05, 3.63) is 0 Å². The predicted molar refractivity (Wildman–Crippen MR) is 86.5 cm³/mol. The number of nitrogens with one attached hydrogen (secondary N) is 2. The van der Waals surface area contributed by atoms with Crippen LogP contribution in [0.2, 0.25) is 0 Å². The molecule has 2 atom stereocenters. The Balaban J connectivity index is 2.43. The highest BCUT2D eigenvalue weighted by molar-refractivity contribution is 5.87. The lowest BCUT2D eigenvalue weighted by molar-refractivity contribution is -0.129. The molecule has 0 spiro atoms. The zero-order valence-electron chi connectivity index (χ0n) is 14.5. The van der Waals surface area contributed by atoms with E-state index in [2.05, 4.69) is 29.4 Å². The molecule has 6 nitrogen and oxygen atoms in total. The van der Waals surface area contributed by atoms with Crippen LogP contribution in [0.1, 0.15) is 34.6 Å². The van der Waals surface area contributed by atoms with Crippen LogP contribution in [0.25, 0.3) is 0 Å². The normalized spacial score (nSPS) is 21.0. The summed E-state index contributed by atoms with van der Waals surface area (Å²) in [5.74, 6) is 0.340. The summed E-state index contributed by atoms with van der Waals surface area (Å²) < 4.78 is 5.72. The van der Waals surface area contributed by atoms with Crippen LogP contribution in [0, 0.1) is 11.8 Å². The molecule has 22 heavy (non-hydrogen) atoms. The van der Waals surface area contributed by atoms with Crippen molar-refractivity contribution in [1.29, 1.82) is 0 Å². The van der Waals surface area contributed by atoms with E-state index in [4.69, 9.17) is 4.74 Å². The number of amides is 2. The number of nitrogens with zero attached hydrogens (tertiary/aromatic N) is 1. The minimum Gasteiger partial charge on any atom is -0.374 e. The van der Waals surface area contributed by atoms with Crippen LogP contribution in [0.3, 0.4) is 0 Å². The predicted octanol–water partition coefficient (Wildman–Crippen LogP) is 0.620. The quantitative estimate of drug-likeness (QED) is 0.723. The first-order valence-corrected chi connectivity index (χ1v) is 8.18. The topological polar surface area (TPSA) is 70.7 Å². The summed E-state index contributed by atoms with van der Waals surface area (Å²) in [6.45, 7) is 13.7. The van der Waals surface area contributed by atoms with Crippen LogP contribution >= 0.6 is 0 Å². The van der Waals surface area contributed by atoms with Gasteiger partial charge in [-0.05, 0) is 11.8 Å². The van der Waals surface area contributed by atoms with Crippen LogP contribution in [0.15, 0.2) is 0 Å². The molecule has 6 heteroatoms. The molecule has 0 aliphatic carbocycles. The Morgan fingerprint density at radius 1 is 1.27 bits per heavy atom. The van der Waals surface area contributed by atoms with Gasteiger partial charge in [-0.15, -0.1) is 0 Å². The van der Waals surface area contributed by atoms with E-state index in [1.54, 1.807) is 0 Å². The maximum absolute atomic E-state index is 12.2. The molecule has 0 aromatic rings. The molecule has 0 aromatic heterocycles. The third kappa shape index (κ3) is 6.75. The van der Waals surface area contributed by atoms with Gasteiger partial charge in [0, 0.05) is 33.1 Å². The largest absolute Gasteiger partial charge is 0.374 e. The van der Waals surface area contributed by atoms with Gasteiger partial charge in [0.05, 0.1) is 12.7 Å². The Morgan fingerprint density at radius 2 is 1.95 bits per heavy atom. The number of ether oxygens (including phenoxy) is 1.